The summed E-state index contributed by atoms with van der Waals surface area (Å²) in [4.78, 5) is 0. The number of aliphatic hydroxyl groups is 2. The first kappa shape index (κ1) is 18.3. The number of rotatable bonds is 2. The maximum absolute atomic E-state index is 10.5. The first-order valence-electron chi connectivity index (χ1n) is 11.3. The van der Waals surface area contributed by atoms with E-state index in [0.29, 0.717) is 11.3 Å². The molecule has 25 heavy (non-hydrogen) atoms. The SMILES string of the molecule is CC[C@]12CC[C@H]3[C@@H](CC[C@@H]4C[C@](C)(O)CC[C@@H]43)[C@@H]1CCC[C@@H]2C(C)O. The van der Waals surface area contributed by atoms with Gasteiger partial charge in [-0.3, -0.25) is 0 Å². The highest BCUT2D eigenvalue weighted by Gasteiger charge is 2.57. The predicted molar refractivity (Wildman–Crippen MR) is 102 cm³/mol. The second kappa shape index (κ2) is 6.51. The van der Waals surface area contributed by atoms with Crippen molar-refractivity contribution in [1.29, 1.82) is 0 Å². The number of hydrogen-bond acceptors (Lipinski definition) is 2. The molecule has 0 heterocycles. The summed E-state index contributed by atoms with van der Waals surface area (Å²) < 4.78 is 0. The first-order chi connectivity index (χ1) is 11.9. The van der Waals surface area contributed by atoms with Gasteiger partial charge in [0.1, 0.15) is 0 Å². The Morgan fingerprint density at radius 1 is 0.960 bits per heavy atom. The van der Waals surface area contributed by atoms with E-state index in [1.807, 2.05) is 0 Å². The minimum absolute atomic E-state index is 0.139. The minimum atomic E-state index is -0.405. The van der Waals surface area contributed by atoms with Gasteiger partial charge in [0.05, 0.1) is 11.7 Å². The van der Waals surface area contributed by atoms with Crippen LogP contribution in [0, 0.1) is 40.9 Å². The van der Waals surface area contributed by atoms with Crippen LogP contribution in [0.4, 0.5) is 0 Å². The third kappa shape index (κ3) is 2.90. The molecule has 0 radical (unpaired) electrons. The largest absolute Gasteiger partial charge is 0.393 e. The van der Waals surface area contributed by atoms with Crippen molar-refractivity contribution in [3.05, 3.63) is 0 Å². The van der Waals surface area contributed by atoms with Crippen LogP contribution in [-0.2, 0) is 0 Å². The van der Waals surface area contributed by atoms with Crippen molar-refractivity contribution in [2.24, 2.45) is 40.9 Å². The monoisotopic (exact) mass is 348 g/mol. The molecule has 0 aromatic rings. The summed E-state index contributed by atoms with van der Waals surface area (Å²) in [6, 6.07) is 0. The van der Waals surface area contributed by atoms with Crippen LogP contribution in [0.2, 0.25) is 0 Å². The molecule has 0 spiro atoms. The Kier molecular flexibility index (Phi) is 4.77. The molecule has 0 aromatic heterocycles. The molecule has 0 amide bonds. The lowest BCUT2D eigenvalue weighted by molar-refractivity contribution is -0.150. The summed E-state index contributed by atoms with van der Waals surface area (Å²) in [6.07, 6.45) is 13.9. The Labute approximate surface area is 154 Å². The van der Waals surface area contributed by atoms with Crippen molar-refractivity contribution >= 4 is 0 Å². The van der Waals surface area contributed by atoms with Crippen LogP contribution in [0.1, 0.15) is 91.4 Å². The van der Waals surface area contributed by atoms with Gasteiger partial charge < -0.3 is 10.2 Å². The molecular formula is C23H40O2. The number of fused-ring (bicyclic) bond motifs is 5. The van der Waals surface area contributed by atoms with Crippen molar-refractivity contribution in [2.75, 3.05) is 0 Å². The van der Waals surface area contributed by atoms with E-state index in [1.54, 1.807) is 0 Å². The third-order valence-corrected chi connectivity index (χ3v) is 9.50. The van der Waals surface area contributed by atoms with Gasteiger partial charge in [-0.25, -0.2) is 0 Å². The van der Waals surface area contributed by atoms with Crippen LogP contribution in [0.25, 0.3) is 0 Å². The number of aliphatic hydroxyl groups excluding tert-OH is 1. The summed E-state index contributed by atoms with van der Waals surface area (Å²) in [5.74, 6) is 4.85. The summed E-state index contributed by atoms with van der Waals surface area (Å²) in [6.45, 7) is 6.51. The second-order valence-electron chi connectivity index (χ2n) is 10.6. The summed E-state index contributed by atoms with van der Waals surface area (Å²) in [5, 5.41) is 21.1. The molecule has 4 rings (SSSR count). The molecular weight excluding hydrogens is 308 g/mol. The van der Waals surface area contributed by atoms with Crippen LogP contribution in [0.3, 0.4) is 0 Å². The van der Waals surface area contributed by atoms with Gasteiger partial charge in [-0.05, 0) is 119 Å². The highest BCUT2D eigenvalue weighted by atomic mass is 16.3. The Morgan fingerprint density at radius 3 is 2.44 bits per heavy atom. The third-order valence-electron chi connectivity index (χ3n) is 9.50. The van der Waals surface area contributed by atoms with Gasteiger partial charge in [-0.1, -0.05) is 13.3 Å². The molecule has 144 valence electrons. The molecule has 4 aliphatic rings. The average Bonchev–Trinajstić information content (AvgIpc) is 2.59. The lowest BCUT2D eigenvalue weighted by Gasteiger charge is -2.62. The van der Waals surface area contributed by atoms with Gasteiger partial charge >= 0.3 is 0 Å². The van der Waals surface area contributed by atoms with E-state index in [1.165, 1.54) is 57.8 Å². The molecule has 0 aromatic carbocycles. The van der Waals surface area contributed by atoms with E-state index in [-0.39, 0.29) is 6.10 Å². The van der Waals surface area contributed by atoms with Gasteiger partial charge in [0.2, 0.25) is 0 Å². The molecule has 2 N–H and O–H groups in total. The normalized spacial score (nSPS) is 54.1. The van der Waals surface area contributed by atoms with Gasteiger partial charge in [-0.2, -0.15) is 0 Å². The molecule has 0 saturated heterocycles. The van der Waals surface area contributed by atoms with E-state index in [2.05, 4.69) is 20.8 Å². The molecule has 4 aliphatic carbocycles. The van der Waals surface area contributed by atoms with E-state index >= 15 is 0 Å². The first-order valence-corrected chi connectivity index (χ1v) is 11.3. The van der Waals surface area contributed by atoms with Crippen molar-refractivity contribution in [1.82, 2.24) is 0 Å². The van der Waals surface area contributed by atoms with E-state index in [0.717, 1.165) is 42.4 Å². The highest BCUT2D eigenvalue weighted by Crippen LogP contribution is 2.64. The zero-order valence-corrected chi connectivity index (χ0v) is 16.7. The van der Waals surface area contributed by atoms with Gasteiger partial charge in [-0.15, -0.1) is 0 Å². The summed E-state index contributed by atoms with van der Waals surface area (Å²) in [5.41, 5.74) is 0.0126. The minimum Gasteiger partial charge on any atom is -0.393 e. The molecule has 4 fully saturated rings. The lowest BCUT2D eigenvalue weighted by Crippen LogP contribution is -2.56. The predicted octanol–water partition coefficient (Wildman–Crippen LogP) is 5.17. The Balaban J connectivity index is 1.58. The van der Waals surface area contributed by atoms with E-state index in [9.17, 15) is 10.2 Å². The summed E-state index contributed by atoms with van der Waals surface area (Å²) >= 11 is 0. The van der Waals surface area contributed by atoms with Gasteiger partial charge in [0, 0.05) is 0 Å². The van der Waals surface area contributed by atoms with Crippen LogP contribution in [0.5, 0.6) is 0 Å². The molecule has 0 bridgehead atoms. The zero-order valence-electron chi connectivity index (χ0n) is 16.7. The van der Waals surface area contributed by atoms with Crippen molar-refractivity contribution in [3.8, 4) is 0 Å². The van der Waals surface area contributed by atoms with Gasteiger partial charge in [0.25, 0.3) is 0 Å². The second-order valence-corrected chi connectivity index (χ2v) is 10.6. The van der Waals surface area contributed by atoms with Crippen LogP contribution in [-0.4, -0.2) is 21.9 Å². The van der Waals surface area contributed by atoms with Crippen molar-refractivity contribution in [2.45, 2.75) is 103 Å². The van der Waals surface area contributed by atoms with Crippen molar-refractivity contribution < 1.29 is 10.2 Å². The van der Waals surface area contributed by atoms with Crippen LogP contribution < -0.4 is 0 Å². The highest BCUT2D eigenvalue weighted by molar-refractivity contribution is 5.07. The zero-order chi connectivity index (χ0) is 17.8. The smallest absolute Gasteiger partial charge is 0.0622 e. The van der Waals surface area contributed by atoms with Crippen LogP contribution in [0.15, 0.2) is 0 Å². The molecule has 9 atom stereocenters. The maximum Gasteiger partial charge on any atom is 0.0622 e. The fraction of sp³-hybridized carbons (Fsp3) is 1.00. The molecule has 1 unspecified atom stereocenters. The molecule has 2 heteroatoms. The summed E-state index contributed by atoms with van der Waals surface area (Å²) in [7, 11) is 0. The van der Waals surface area contributed by atoms with E-state index < -0.39 is 5.60 Å². The fourth-order valence-electron chi connectivity index (χ4n) is 8.55. The molecule has 0 aliphatic heterocycles. The Bertz CT molecular complexity index is 484. The van der Waals surface area contributed by atoms with Crippen LogP contribution >= 0.6 is 0 Å². The lowest BCUT2D eigenvalue weighted by atomic mass is 9.43. The molecule has 2 nitrogen and oxygen atoms in total. The van der Waals surface area contributed by atoms with Gasteiger partial charge in [0.15, 0.2) is 0 Å². The average molecular weight is 349 g/mol. The maximum atomic E-state index is 10.5. The molecule has 4 saturated carbocycles. The quantitative estimate of drug-likeness (QED) is 0.723. The van der Waals surface area contributed by atoms with Crippen molar-refractivity contribution in [3.63, 3.8) is 0 Å². The Morgan fingerprint density at radius 2 is 1.72 bits per heavy atom. The Hall–Kier alpha value is -0.0800. The fourth-order valence-corrected chi connectivity index (χ4v) is 8.55. The van der Waals surface area contributed by atoms with E-state index in [4.69, 9.17) is 0 Å². The standard InChI is InChI=1S/C23H40O2/c1-4-23-13-11-18-17-10-12-22(3,25)14-16(17)8-9-19(18)21(23)7-5-6-20(23)15(2)24/h15-21,24-25H,4-14H2,1-3H3/t15?,16-,17+,18-,19-,20-,21+,22-,23-/m1/s1. The topological polar surface area (TPSA) is 40.5 Å². The number of hydrogen-bond donors (Lipinski definition) is 2.